The van der Waals surface area contributed by atoms with Crippen LogP contribution in [0.4, 0.5) is 11.5 Å². The lowest BCUT2D eigenvalue weighted by Crippen LogP contribution is -2.28. The molecule has 0 bridgehead atoms. The fourth-order valence-electron chi connectivity index (χ4n) is 3.30. The molecule has 6 nitrogen and oxygen atoms in total. The first-order valence-electron chi connectivity index (χ1n) is 9.03. The Morgan fingerprint density at radius 1 is 1.11 bits per heavy atom. The molecule has 1 unspecified atom stereocenters. The third-order valence-electron chi connectivity index (χ3n) is 4.72. The number of rotatable bonds is 5. The fraction of sp³-hybridized carbons (Fsp3) is 0.190. The van der Waals surface area contributed by atoms with Gasteiger partial charge in [0.15, 0.2) is 5.82 Å². The Morgan fingerprint density at radius 3 is 2.64 bits per heavy atom. The molecule has 142 valence electrons. The molecule has 1 aliphatic heterocycles. The largest absolute Gasteiger partial charge is 0.310 e. The standard InChI is InChI=1S/C21H19BrN4O2/c22-17-8-4-5-9-18(17)26-14-16(12-20(26)27)21(28)23-19-10-11-25(24-19)13-15-6-2-1-3-7-15/h1-11,16H,12-14H2,(H,23,24,28). The summed E-state index contributed by atoms with van der Waals surface area (Å²) in [5.74, 6) is -0.152. The summed E-state index contributed by atoms with van der Waals surface area (Å²) in [5, 5.41) is 7.24. The van der Waals surface area contributed by atoms with Crippen LogP contribution in [0, 0.1) is 5.92 Å². The summed E-state index contributed by atoms with van der Waals surface area (Å²) >= 11 is 3.47. The highest BCUT2D eigenvalue weighted by Crippen LogP contribution is 2.31. The monoisotopic (exact) mass is 438 g/mol. The van der Waals surface area contributed by atoms with Crippen LogP contribution in [-0.4, -0.2) is 28.1 Å². The molecular formula is C21H19BrN4O2. The average Bonchev–Trinajstić information content (AvgIpc) is 3.29. The van der Waals surface area contributed by atoms with Crippen molar-refractivity contribution in [1.29, 1.82) is 0 Å². The van der Waals surface area contributed by atoms with Crippen LogP contribution in [0.2, 0.25) is 0 Å². The minimum atomic E-state index is -0.404. The lowest BCUT2D eigenvalue weighted by atomic mass is 10.1. The summed E-state index contributed by atoms with van der Waals surface area (Å²) in [6, 6.07) is 19.3. The van der Waals surface area contributed by atoms with Crippen LogP contribution in [0.1, 0.15) is 12.0 Å². The smallest absolute Gasteiger partial charge is 0.231 e. The maximum absolute atomic E-state index is 12.6. The third kappa shape index (κ3) is 3.99. The minimum absolute atomic E-state index is 0.0540. The van der Waals surface area contributed by atoms with E-state index < -0.39 is 5.92 Å². The Bertz CT molecular complexity index is 1000. The number of para-hydroxylation sites is 1. The van der Waals surface area contributed by atoms with Gasteiger partial charge in [0.05, 0.1) is 18.2 Å². The molecule has 28 heavy (non-hydrogen) atoms. The molecule has 4 rings (SSSR count). The molecule has 1 atom stereocenters. The van der Waals surface area contributed by atoms with Crippen LogP contribution in [0.3, 0.4) is 0 Å². The van der Waals surface area contributed by atoms with Crippen LogP contribution in [0.15, 0.2) is 71.3 Å². The van der Waals surface area contributed by atoms with E-state index in [1.165, 1.54) is 0 Å². The van der Waals surface area contributed by atoms with E-state index in [1.807, 2.05) is 60.8 Å². The van der Waals surface area contributed by atoms with E-state index in [1.54, 1.807) is 15.6 Å². The molecule has 0 aliphatic carbocycles. The van der Waals surface area contributed by atoms with Crippen molar-refractivity contribution in [2.45, 2.75) is 13.0 Å². The zero-order chi connectivity index (χ0) is 19.5. The van der Waals surface area contributed by atoms with Gasteiger partial charge in [-0.25, -0.2) is 0 Å². The Balaban J connectivity index is 1.39. The summed E-state index contributed by atoms with van der Waals surface area (Å²) in [6.07, 6.45) is 2.02. The van der Waals surface area contributed by atoms with E-state index >= 15 is 0 Å². The SMILES string of the molecule is O=C(Nc1ccn(Cc2ccccc2)n1)C1CC(=O)N(c2ccccc2Br)C1. The number of nitrogens with one attached hydrogen (secondary N) is 1. The van der Waals surface area contributed by atoms with Crippen LogP contribution in [0.5, 0.6) is 0 Å². The molecule has 2 aromatic carbocycles. The number of halogens is 1. The van der Waals surface area contributed by atoms with Crippen LogP contribution < -0.4 is 10.2 Å². The van der Waals surface area contributed by atoms with Gasteiger partial charge in [0.25, 0.3) is 0 Å². The third-order valence-corrected chi connectivity index (χ3v) is 5.39. The first-order valence-corrected chi connectivity index (χ1v) is 9.82. The summed E-state index contributed by atoms with van der Waals surface area (Å²) < 4.78 is 2.61. The van der Waals surface area contributed by atoms with E-state index in [4.69, 9.17) is 0 Å². The van der Waals surface area contributed by atoms with Crippen LogP contribution in [-0.2, 0) is 16.1 Å². The molecule has 0 radical (unpaired) electrons. The van der Waals surface area contributed by atoms with Crippen molar-refractivity contribution in [3.05, 3.63) is 76.9 Å². The molecule has 1 N–H and O–H groups in total. The molecule has 0 saturated carbocycles. The van der Waals surface area contributed by atoms with Gasteiger partial charge in [0, 0.05) is 29.7 Å². The molecule has 1 aromatic heterocycles. The average molecular weight is 439 g/mol. The molecule has 2 heterocycles. The van der Waals surface area contributed by atoms with Gasteiger partial charge in [-0.05, 0) is 33.6 Å². The maximum atomic E-state index is 12.6. The molecule has 3 aromatic rings. The second-order valence-corrected chi connectivity index (χ2v) is 7.58. The van der Waals surface area contributed by atoms with Crippen molar-refractivity contribution < 1.29 is 9.59 Å². The van der Waals surface area contributed by atoms with Gasteiger partial charge < -0.3 is 10.2 Å². The van der Waals surface area contributed by atoms with Crippen molar-refractivity contribution >= 4 is 39.2 Å². The molecule has 7 heteroatoms. The Kier molecular flexibility index (Phi) is 5.25. The number of hydrogen-bond acceptors (Lipinski definition) is 3. The topological polar surface area (TPSA) is 67.2 Å². The highest BCUT2D eigenvalue weighted by molar-refractivity contribution is 9.10. The first kappa shape index (κ1) is 18.4. The van der Waals surface area contributed by atoms with Crippen LogP contribution in [0.25, 0.3) is 0 Å². The van der Waals surface area contributed by atoms with Gasteiger partial charge in [-0.3, -0.25) is 14.3 Å². The number of carbonyl (C=O) groups excluding carboxylic acids is 2. The molecule has 0 spiro atoms. The number of anilines is 2. The number of carbonyl (C=O) groups is 2. The van der Waals surface area contributed by atoms with Crippen molar-refractivity contribution in [2.75, 3.05) is 16.8 Å². The van der Waals surface area contributed by atoms with Crippen molar-refractivity contribution in [3.63, 3.8) is 0 Å². The van der Waals surface area contributed by atoms with Crippen molar-refractivity contribution in [2.24, 2.45) is 5.92 Å². The predicted octanol–water partition coefficient (Wildman–Crippen LogP) is 3.69. The van der Waals surface area contributed by atoms with Crippen molar-refractivity contribution in [3.8, 4) is 0 Å². The molecule has 1 saturated heterocycles. The Hall–Kier alpha value is -2.93. The van der Waals surface area contributed by atoms with Gasteiger partial charge >= 0.3 is 0 Å². The van der Waals surface area contributed by atoms with Crippen molar-refractivity contribution in [1.82, 2.24) is 9.78 Å². The molecule has 1 aliphatic rings. The first-order chi connectivity index (χ1) is 13.6. The van der Waals surface area contributed by atoms with E-state index in [0.29, 0.717) is 18.9 Å². The fourth-order valence-corrected chi connectivity index (χ4v) is 3.80. The molecule has 2 amide bonds. The van der Waals surface area contributed by atoms with Gasteiger partial charge in [-0.15, -0.1) is 0 Å². The van der Waals surface area contributed by atoms with Crippen LogP contribution >= 0.6 is 15.9 Å². The van der Waals surface area contributed by atoms with E-state index in [2.05, 4.69) is 26.3 Å². The quantitative estimate of drug-likeness (QED) is 0.660. The second kappa shape index (κ2) is 7.98. The number of hydrogen-bond donors (Lipinski definition) is 1. The number of nitrogens with zero attached hydrogens (tertiary/aromatic N) is 3. The zero-order valence-electron chi connectivity index (χ0n) is 15.1. The lowest BCUT2D eigenvalue weighted by molar-refractivity contribution is -0.122. The normalized spacial score (nSPS) is 16.4. The molecule has 1 fully saturated rings. The van der Waals surface area contributed by atoms with E-state index in [0.717, 1.165) is 15.7 Å². The second-order valence-electron chi connectivity index (χ2n) is 6.73. The van der Waals surface area contributed by atoms with E-state index in [9.17, 15) is 9.59 Å². The molecular weight excluding hydrogens is 420 g/mol. The lowest BCUT2D eigenvalue weighted by Gasteiger charge is -2.18. The summed E-state index contributed by atoms with van der Waals surface area (Å²) in [6.45, 7) is 0.993. The highest BCUT2D eigenvalue weighted by Gasteiger charge is 2.36. The predicted molar refractivity (Wildman–Crippen MR) is 111 cm³/mol. The highest BCUT2D eigenvalue weighted by atomic mass is 79.9. The van der Waals surface area contributed by atoms with Gasteiger partial charge in [-0.1, -0.05) is 42.5 Å². The summed E-state index contributed by atoms with van der Waals surface area (Å²) in [7, 11) is 0. The van der Waals surface area contributed by atoms with E-state index in [-0.39, 0.29) is 18.2 Å². The number of amides is 2. The zero-order valence-corrected chi connectivity index (χ0v) is 16.7. The number of aromatic nitrogens is 2. The minimum Gasteiger partial charge on any atom is -0.310 e. The summed E-state index contributed by atoms with van der Waals surface area (Å²) in [4.78, 5) is 26.7. The van der Waals surface area contributed by atoms with Gasteiger partial charge in [0.2, 0.25) is 11.8 Å². The number of benzene rings is 2. The Morgan fingerprint density at radius 2 is 1.86 bits per heavy atom. The Labute approximate surface area is 171 Å². The van der Waals surface area contributed by atoms with Gasteiger partial charge in [-0.2, -0.15) is 5.10 Å². The summed E-state index contributed by atoms with van der Waals surface area (Å²) in [5.41, 5.74) is 1.92. The van der Waals surface area contributed by atoms with Gasteiger partial charge in [0.1, 0.15) is 0 Å². The maximum Gasteiger partial charge on any atom is 0.231 e.